The van der Waals surface area contributed by atoms with Crippen molar-refractivity contribution < 1.29 is 50.1 Å². The van der Waals surface area contributed by atoms with E-state index in [1.54, 1.807) is 24.3 Å². The molecule has 0 aliphatic carbocycles. The molecule has 26 heavy (non-hydrogen) atoms. The van der Waals surface area contributed by atoms with Crippen molar-refractivity contribution in [1.29, 1.82) is 0 Å². The molecule has 0 bridgehead atoms. The first-order valence-corrected chi connectivity index (χ1v) is 7.53. The van der Waals surface area contributed by atoms with Crippen molar-refractivity contribution >= 4 is 11.9 Å². The molecule has 0 spiro atoms. The Kier molecular flexibility index (Phi) is 11.5. The van der Waals surface area contributed by atoms with Gasteiger partial charge in [-0.3, -0.25) is 0 Å². The molecule has 7 N–H and O–H groups in total. The number of ether oxygens (including phenoxy) is 1. The highest BCUT2D eigenvalue weighted by molar-refractivity contribution is 6.14. The summed E-state index contributed by atoms with van der Waals surface area (Å²) in [7, 11) is 0. The summed E-state index contributed by atoms with van der Waals surface area (Å²) < 4.78 is 4.35. The van der Waals surface area contributed by atoms with Crippen LogP contribution in [0.15, 0.2) is 24.3 Å². The van der Waals surface area contributed by atoms with Crippen LogP contribution in [0, 0.1) is 5.41 Å². The first-order chi connectivity index (χ1) is 12.3. The van der Waals surface area contributed by atoms with E-state index in [9.17, 15) is 9.59 Å². The topological polar surface area (TPSA) is 185 Å². The standard InChI is InChI=1S/C8H4O3.C5H12O4.C3H8O3/c9-7-5-3-1-2-4-6(5)8(10)11-7;6-1-5(2-7,3-8)4-9;4-1-3(6)2-5/h1-4H;6-9H,1-4H2;3-6H,1-2H2. The summed E-state index contributed by atoms with van der Waals surface area (Å²) in [6, 6.07) is 6.53. The summed E-state index contributed by atoms with van der Waals surface area (Å²) in [5.41, 5.74) is -0.394. The number of hydrogen-bond donors (Lipinski definition) is 7. The van der Waals surface area contributed by atoms with Crippen molar-refractivity contribution in [2.75, 3.05) is 39.6 Å². The Morgan fingerprint density at radius 3 is 1.31 bits per heavy atom. The van der Waals surface area contributed by atoms with Gasteiger partial charge >= 0.3 is 11.9 Å². The number of aliphatic hydroxyl groups is 7. The van der Waals surface area contributed by atoms with Gasteiger partial charge in [-0.05, 0) is 12.1 Å². The minimum Gasteiger partial charge on any atom is -0.396 e. The van der Waals surface area contributed by atoms with E-state index in [1.165, 1.54) is 0 Å². The van der Waals surface area contributed by atoms with Gasteiger partial charge in [-0.15, -0.1) is 0 Å². The monoisotopic (exact) mass is 376 g/mol. The second-order valence-electron chi connectivity index (χ2n) is 5.37. The van der Waals surface area contributed by atoms with Crippen molar-refractivity contribution in [2.24, 2.45) is 5.41 Å². The van der Waals surface area contributed by atoms with E-state index >= 15 is 0 Å². The van der Waals surface area contributed by atoms with E-state index in [-0.39, 0.29) is 13.2 Å². The molecule has 1 heterocycles. The Morgan fingerprint density at radius 2 is 1.12 bits per heavy atom. The van der Waals surface area contributed by atoms with E-state index < -0.39 is 49.9 Å². The molecule has 1 aromatic rings. The third kappa shape index (κ3) is 7.14. The molecule has 10 nitrogen and oxygen atoms in total. The van der Waals surface area contributed by atoms with E-state index in [0.717, 1.165) is 0 Å². The number of fused-ring (bicyclic) bond motifs is 1. The van der Waals surface area contributed by atoms with Gasteiger partial charge in [-0.2, -0.15) is 0 Å². The lowest BCUT2D eigenvalue weighted by Crippen LogP contribution is -2.37. The molecule has 0 atom stereocenters. The third-order valence-electron chi connectivity index (χ3n) is 3.32. The molecule has 10 heteroatoms. The fourth-order valence-electron chi connectivity index (χ4n) is 1.39. The molecule has 2 rings (SSSR count). The smallest absolute Gasteiger partial charge is 0.346 e. The van der Waals surface area contributed by atoms with Crippen LogP contribution in [0.2, 0.25) is 0 Å². The summed E-state index contributed by atoms with van der Waals surface area (Å²) in [5, 5.41) is 58.0. The number of rotatable bonds is 6. The largest absolute Gasteiger partial charge is 0.396 e. The van der Waals surface area contributed by atoms with Gasteiger partial charge in [0, 0.05) is 0 Å². The first-order valence-electron chi connectivity index (χ1n) is 7.53. The predicted molar refractivity (Wildman–Crippen MR) is 87.1 cm³/mol. The van der Waals surface area contributed by atoms with E-state index in [0.29, 0.717) is 11.1 Å². The van der Waals surface area contributed by atoms with Gasteiger partial charge in [0.1, 0.15) is 6.10 Å². The van der Waals surface area contributed by atoms with Crippen LogP contribution < -0.4 is 0 Å². The molecule has 1 aliphatic rings. The maximum atomic E-state index is 10.8. The fraction of sp³-hybridized carbons (Fsp3) is 0.500. The number of hydrogen-bond acceptors (Lipinski definition) is 10. The number of carbonyl (C=O) groups is 2. The lowest BCUT2D eigenvalue weighted by Gasteiger charge is -2.23. The van der Waals surface area contributed by atoms with Crippen molar-refractivity contribution in [2.45, 2.75) is 6.10 Å². The average molecular weight is 376 g/mol. The molecule has 1 aromatic carbocycles. The summed E-state index contributed by atoms with van der Waals surface area (Å²) in [5.74, 6) is -1.10. The SMILES string of the molecule is O=C1OC(=O)c2ccccc21.OCC(CO)(CO)CO.OCC(O)CO. The molecule has 148 valence electrons. The molecule has 1 aliphatic heterocycles. The van der Waals surface area contributed by atoms with Crippen LogP contribution in [0.1, 0.15) is 20.7 Å². The second-order valence-corrected chi connectivity index (χ2v) is 5.37. The number of benzene rings is 1. The molecule has 0 unspecified atom stereocenters. The second kappa shape index (κ2) is 12.4. The summed E-state index contributed by atoms with van der Waals surface area (Å²) in [6.07, 6.45) is -0.954. The van der Waals surface area contributed by atoms with Gasteiger partial charge in [-0.25, -0.2) is 9.59 Å². The highest BCUT2D eigenvalue weighted by Gasteiger charge is 2.28. The average Bonchev–Trinajstić information content (AvgIpc) is 2.99. The molecular weight excluding hydrogens is 352 g/mol. The van der Waals surface area contributed by atoms with Crippen LogP contribution in [-0.2, 0) is 4.74 Å². The first kappa shape index (κ1) is 24.1. The molecule has 0 saturated heterocycles. The number of esters is 2. The van der Waals surface area contributed by atoms with Crippen LogP contribution in [0.25, 0.3) is 0 Å². The zero-order chi connectivity index (χ0) is 20.2. The molecule has 0 aromatic heterocycles. The van der Waals surface area contributed by atoms with Crippen LogP contribution in [-0.4, -0.2) is 93.4 Å². The highest BCUT2D eigenvalue weighted by Crippen LogP contribution is 2.18. The van der Waals surface area contributed by atoms with Gasteiger partial charge in [0.05, 0.1) is 56.2 Å². The Labute approximate surface area is 149 Å². The van der Waals surface area contributed by atoms with Crippen LogP contribution in [0.5, 0.6) is 0 Å². The van der Waals surface area contributed by atoms with Gasteiger partial charge < -0.3 is 40.5 Å². The maximum Gasteiger partial charge on any atom is 0.346 e. The lowest BCUT2D eigenvalue weighted by atomic mass is 9.93. The lowest BCUT2D eigenvalue weighted by molar-refractivity contribution is -0.0328. The Balaban J connectivity index is 0.000000380. The number of aliphatic hydroxyl groups excluding tert-OH is 7. The van der Waals surface area contributed by atoms with Crippen molar-refractivity contribution in [3.05, 3.63) is 35.4 Å². The normalized spacial score (nSPS) is 12.6. The van der Waals surface area contributed by atoms with E-state index in [1.807, 2.05) is 0 Å². The minimum atomic E-state index is -1.11. The summed E-state index contributed by atoms with van der Waals surface area (Å²) >= 11 is 0. The van der Waals surface area contributed by atoms with Crippen molar-refractivity contribution in [3.63, 3.8) is 0 Å². The van der Waals surface area contributed by atoms with Crippen LogP contribution in [0.4, 0.5) is 0 Å². The van der Waals surface area contributed by atoms with E-state index in [4.69, 9.17) is 35.7 Å². The molecular formula is C16H24O10. The minimum absolute atomic E-state index is 0.359. The molecule has 0 saturated carbocycles. The predicted octanol–water partition coefficient (Wildman–Crippen LogP) is -2.73. The Bertz CT molecular complexity index is 501. The highest BCUT2D eigenvalue weighted by atomic mass is 16.6. The zero-order valence-corrected chi connectivity index (χ0v) is 14.0. The third-order valence-corrected chi connectivity index (χ3v) is 3.32. The molecule has 0 radical (unpaired) electrons. The van der Waals surface area contributed by atoms with Crippen molar-refractivity contribution in [1.82, 2.24) is 0 Å². The van der Waals surface area contributed by atoms with Crippen LogP contribution >= 0.6 is 0 Å². The zero-order valence-electron chi connectivity index (χ0n) is 14.0. The summed E-state index contributed by atoms with van der Waals surface area (Å²) in [4.78, 5) is 21.7. The van der Waals surface area contributed by atoms with Crippen LogP contribution in [0.3, 0.4) is 0 Å². The fourth-order valence-corrected chi connectivity index (χ4v) is 1.39. The van der Waals surface area contributed by atoms with Gasteiger partial charge in [-0.1, -0.05) is 12.1 Å². The van der Waals surface area contributed by atoms with Gasteiger partial charge in [0.15, 0.2) is 0 Å². The van der Waals surface area contributed by atoms with E-state index in [2.05, 4.69) is 4.74 Å². The maximum absolute atomic E-state index is 10.8. The van der Waals surface area contributed by atoms with Crippen molar-refractivity contribution in [3.8, 4) is 0 Å². The Hall–Kier alpha value is -1.92. The molecule has 0 fully saturated rings. The number of cyclic esters (lactones) is 2. The van der Waals surface area contributed by atoms with Gasteiger partial charge in [0.2, 0.25) is 0 Å². The Morgan fingerprint density at radius 1 is 0.769 bits per heavy atom. The van der Waals surface area contributed by atoms with Gasteiger partial charge in [0.25, 0.3) is 0 Å². The molecule has 0 amide bonds. The number of carbonyl (C=O) groups excluding carboxylic acids is 2. The summed E-state index contributed by atoms with van der Waals surface area (Å²) in [6.45, 7) is -2.35. The quantitative estimate of drug-likeness (QED) is 0.203.